The smallest absolute Gasteiger partial charge is 0.306 e. The molecule has 1 aliphatic carbocycles. The summed E-state index contributed by atoms with van der Waals surface area (Å²) in [4.78, 5) is 25.7. The van der Waals surface area contributed by atoms with Crippen molar-refractivity contribution in [2.75, 3.05) is 0 Å². The van der Waals surface area contributed by atoms with E-state index in [4.69, 9.17) is 5.11 Å². The van der Waals surface area contributed by atoms with Gasteiger partial charge in [-0.2, -0.15) is 0 Å². The molecule has 1 aromatic heterocycles. The summed E-state index contributed by atoms with van der Waals surface area (Å²) in [6, 6.07) is 4.03. The molecule has 1 aromatic rings. The molecular weight excluding hydrogens is 244 g/mol. The number of H-pyrrole nitrogens is 1. The largest absolute Gasteiger partial charge is 0.481 e. The van der Waals surface area contributed by atoms with E-state index >= 15 is 0 Å². The normalized spacial score (nSPS) is 22.9. The summed E-state index contributed by atoms with van der Waals surface area (Å²) in [6.45, 7) is 0. The molecule has 0 saturated heterocycles. The van der Waals surface area contributed by atoms with Gasteiger partial charge in [-0.15, -0.1) is 0 Å². The van der Waals surface area contributed by atoms with Crippen LogP contribution in [0.4, 0.5) is 0 Å². The van der Waals surface area contributed by atoms with Gasteiger partial charge in [0.1, 0.15) is 0 Å². The van der Waals surface area contributed by atoms with E-state index in [9.17, 15) is 9.59 Å². The number of hydrogen-bond acceptors (Lipinski definition) is 2. The number of carbonyl (C=O) groups is 2. The summed E-state index contributed by atoms with van der Waals surface area (Å²) in [5.74, 6) is -0.892. The molecule has 0 aromatic carbocycles. The van der Waals surface area contributed by atoms with Crippen molar-refractivity contribution >= 4 is 11.9 Å². The van der Waals surface area contributed by atoms with E-state index in [-0.39, 0.29) is 17.9 Å². The third-order valence-corrected chi connectivity index (χ3v) is 3.73. The predicted molar refractivity (Wildman–Crippen MR) is 70.6 cm³/mol. The Hall–Kier alpha value is -1.78. The Labute approximate surface area is 112 Å². The standard InChI is InChI=1S/C14H20N2O3/c17-13(8-7-11-2-1-9-15-11)16-12-5-3-10(4-6-12)14(18)19/h1-2,9-10,12,15H,3-8H2,(H,16,17)(H,18,19). The van der Waals surface area contributed by atoms with Gasteiger partial charge in [-0.25, -0.2) is 0 Å². The number of carbonyl (C=O) groups excluding carboxylic acids is 1. The molecule has 104 valence electrons. The van der Waals surface area contributed by atoms with Crippen LogP contribution in [0.3, 0.4) is 0 Å². The number of aryl methyl sites for hydroxylation is 1. The second kappa shape index (κ2) is 6.41. The number of carboxylic acid groups (broad SMARTS) is 1. The fourth-order valence-electron chi connectivity index (χ4n) is 2.56. The van der Waals surface area contributed by atoms with Crippen molar-refractivity contribution in [2.45, 2.75) is 44.6 Å². The van der Waals surface area contributed by atoms with E-state index in [2.05, 4.69) is 10.3 Å². The van der Waals surface area contributed by atoms with Crippen LogP contribution >= 0.6 is 0 Å². The fraction of sp³-hybridized carbons (Fsp3) is 0.571. The van der Waals surface area contributed by atoms with Gasteiger partial charge in [-0.3, -0.25) is 9.59 Å². The van der Waals surface area contributed by atoms with Crippen LogP contribution in [0.2, 0.25) is 0 Å². The molecule has 0 bridgehead atoms. The van der Waals surface area contributed by atoms with Crippen molar-refractivity contribution in [1.29, 1.82) is 0 Å². The zero-order chi connectivity index (χ0) is 13.7. The Morgan fingerprint density at radius 3 is 2.63 bits per heavy atom. The quantitative estimate of drug-likeness (QED) is 0.757. The van der Waals surface area contributed by atoms with Gasteiger partial charge < -0.3 is 15.4 Å². The summed E-state index contributed by atoms with van der Waals surface area (Å²) in [7, 11) is 0. The van der Waals surface area contributed by atoms with Crippen LogP contribution in [-0.4, -0.2) is 28.0 Å². The Morgan fingerprint density at radius 1 is 1.32 bits per heavy atom. The van der Waals surface area contributed by atoms with Crippen LogP contribution < -0.4 is 5.32 Å². The molecule has 5 nitrogen and oxygen atoms in total. The highest BCUT2D eigenvalue weighted by Crippen LogP contribution is 2.24. The lowest BCUT2D eigenvalue weighted by atomic mass is 9.86. The summed E-state index contributed by atoms with van der Waals surface area (Å²) in [5, 5.41) is 11.9. The maximum atomic E-state index is 11.8. The van der Waals surface area contributed by atoms with Gasteiger partial charge in [-0.1, -0.05) is 0 Å². The molecule has 5 heteroatoms. The van der Waals surface area contributed by atoms with Crippen LogP contribution in [0.1, 0.15) is 37.8 Å². The molecular formula is C14H20N2O3. The molecule has 2 rings (SSSR count). The highest BCUT2D eigenvalue weighted by molar-refractivity contribution is 5.76. The van der Waals surface area contributed by atoms with Gasteiger partial charge in [0, 0.05) is 24.4 Å². The van der Waals surface area contributed by atoms with Crippen LogP contribution in [0.15, 0.2) is 18.3 Å². The molecule has 0 radical (unpaired) electrons. The van der Waals surface area contributed by atoms with Gasteiger partial charge in [0.15, 0.2) is 0 Å². The van der Waals surface area contributed by atoms with Gasteiger partial charge in [-0.05, 0) is 44.2 Å². The lowest BCUT2D eigenvalue weighted by molar-refractivity contribution is -0.142. The van der Waals surface area contributed by atoms with Crippen molar-refractivity contribution in [1.82, 2.24) is 10.3 Å². The summed E-state index contributed by atoms with van der Waals surface area (Å²) >= 11 is 0. The maximum Gasteiger partial charge on any atom is 0.306 e. The predicted octanol–water partition coefficient (Wildman–Crippen LogP) is 1.71. The van der Waals surface area contributed by atoms with Crippen molar-refractivity contribution < 1.29 is 14.7 Å². The molecule has 1 saturated carbocycles. The van der Waals surface area contributed by atoms with Crippen molar-refractivity contribution in [3.8, 4) is 0 Å². The number of rotatable bonds is 5. The SMILES string of the molecule is O=C(CCc1ccc[nH]1)NC1CCC(C(=O)O)CC1. The Kier molecular flexibility index (Phi) is 4.60. The van der Waals surface area contributed by atoms with Crippen molar-refractivity contribution in [3.05, 3.63) is 24.0 Å². The van der Waals surface area contributed by atoms with Gasteiger partial charge in [0.25, 0.3) is 0 Å². The number of carboxylic acids is 1. The van der Waals surface area contributed by atoms with E-state index in [1.807, 2.05) is 18.3 Å². The van der Waals surface area contributed by atoms with Gasteiger partial charge in [0.05, 0.1) is 5.92 Å². The minimum atomic E-state index is -0.712. The average molecular weight is 264 g/mol. The maximum absolute atomic E-state index is 11.8. The number of aromatic amines is 1. The number of hydrogen-bond donors (Lipinski definition) is 3. The van der Waals surface area contributed by atoms with Gasteiger partial charge >= 0.3 is 5.97 Å². The number of nitrogens with one attached hydrogen (secondary N) is 2. The topological polar surface area (TPSA) is 82.2 Å². The molecule has 1 aliphatic rings. The number of aliphatic carboxylic acids is 1. The minimum absolute atomic E-state index is 0.0494. The van der Waals surface area contributed by atoms with Crippen LogP contribution in [-0.2, 0) is 16.0 Å². The fourth-order valence-corrected chi connectivity index (χ4v) is 2.56. The molecule has 1 heterocycles. The van der Waals surface area contributed by atoms with E-state index in [0.29, 0.717) is 25.7 Å². The van der Waals surface area contributed by atoms with E-state index < -0.39 is 5.97 Å². The molecule has 0 unspecified atom stereocenters. The number of aromatic nitrogens is 1. The van der Waals surface area contributed by atoms with Crippen LogP contribution in [0.25, 0.3) is 0 Å². The van der Waals surface area contributed by atoms with E-state index in [0.717, 1.165) is 18.5 Å². The first-order valence-corrected chi connectivity index (χ1v) is 6.79. The molecule has 0 spiro atoms. The van der Waals surface area contributed by atoms with Crippen molar-refractivity contribution in [3.63, 3.8) is 0 Å². The first-order chi connectivity index (χ1) is 9.15. The Balaban J connectivity index is 1.67. The third kappa shape index (κ3) is 4.12. The second-order valence-corrected chi connectivity index (χ2v) is 5.15. The first kappa shape index (κ1) is 13.6. The summed E-state index contributed by atoms with van der Waals surface area (Å²) < 4.78 is 0. The zero-order valence-electron chi connectivity index (χ0n) is 10.9. The van der Waals surface area contributed by atoms with Crippen LogP contribution in [0, 0.1) is 5.92 Å². The van der Waals surface area contributed by atoms with E-state index in [1.54, 1.807) is 0 Å². The second-order valence-electron chi connectivity index (χ2n) is 5.15. The minimum Gasteiger partial charge on any atom is -0.481 e. The highest BCUT2D eigenvalue weighted by atomic mass is 16.4. The average Bonchev–Trinajstić information content (AvgIpc) is 2.90. The summed E-state index contributed by atoms with van der Waals surface area (Å²) in [5.41, 5.74) is 1.06. The van der Waals surface area contributed by atoms with Crippen molar-refractivity contribution in [2.24, 2.45) is 5.92 Å². The Morgan fingerprint density at radius 2 is 2.05 bits per heavy atom. The molecule has 0 aliphatic heterocycles. The van der Waals surface area contributed by atoms with Gasteiger partial charge in [0.2, 0.25) is 5.91 Å². The molecule has 0 atom stereocenters. The lowest BCUT2D eigenvalue weighted by Crippen LogP contribution is -2.38. The first-order valence-electron chi connectivity index (χ1n) is 6.79. The van der Waals surface area contributed by atoms with E-state index in [1.165, 1.54) is 0 Å². The van der Waals surface area contributed by atoms with Crippen LogP contribution in [0.5, 0.6) is 0 Å². The molecule has 1 fully saturated rings. The molecule has 1 amide bonds. The monoisotopic (exact) mass is 264 g/mol. The number of amides is 1. The zero-order valence-corrected chi connectivity index (χ0v) is 10.9. The molecule has 19 heavy (non-hydrogen) atoms. The third-order valence-electron chi connectivity index (χ3n) is 3.73. The lowest BCUT2D eigenvalue weighted by Gasteiger charge is -2.26. The molecule has 3 N–H and O–H groups in total. The highest BCUT2D eigenvalue weighted by Gasteiger charge is 2.26. The Bertz CT molecular complexity index is 420. The summed E-state index contributed by atoms with van der Waals surface area (Å²) in [6.07, 6.45) is 5.90.